The zero-order chi connectivity index (χ0) is 17.5. The molecule has 0 aliphatic carbocycles. The Kier molecular flexibility index (Phi) is 6.09. The zero-order valence-corrected chi connectivity index (χ0v) is 15.1. The minimum Gasteiger partial charge on any atom is -0.468 e. The van der Waals surface area contributed by atoms with E-state index < -0.39 is 0 Å². The van der Waals surface area contributed by atoms with Crippen molar-refractivity contribution in [3.05, 3.63) is 35.9 Å². The van der Waals surface area contributed by atoms with Gasteiger partial charge in [0.15, 0.2) is 5.11 Å². The molecule has 132 valence electrons. The molecule has 10 heteroatoms. The normalized spacial score (nSPS) is 15.0. The van der Waals surface area contributed by atoms with Crippen LogP contribution in [0.2, 0.25) is 0 Å². The highest BCUT2D eigenvalue weighted by Crippen LogP contribution is 2.26. The minimum absolute atomic E-state index is 0.0951. The summed E-state index contributed by atoms with van der Waals surface area (Å²) in [5.74, 6) is 1.23. The lowest BCUT2D eigenvalue weighted by atomic mass is 10.1. The van der Waals surface area contributed by atoms with Crippen LogP contribution in [0.5, 0.6) is 5.88 Å². The van der Waals surface area contributed by atoms with E-state index in [4.69, 9.17) is 27.4 Å². The van der Waals surface area contributed by atoms with Gasteiger partial charge in [0, 0.05) is 18.7 Å². The summed E-state index contributed by atoms with van der Waals surface area (Å²) in [6, 6.07) is 9.66. The van der Waals surface area contributed by atoms with Gasteiger partial charge in [-0.3, -0.25) is 5.43 Å². The molecule has 1 fully saturated rings. The molecule has 0 unspecified atom stereocenters. The minimum atomic E-state index is 0.0951. The Morgan fingerprint density at radius 1 is 1.32 bits per heavy atom. The quantitative estimate of drug-likeness (QED) is 0.436. The van der Waals surface area contributed by atoms with E-state index in [1.165, 1.54) is 0 Å². The first-order valence-electron chi connectivity index (χ1n) is 7.69. The topological polar surface area (TPSA) is 97.9 Å². The van der Waals surface area contributed by atoms with Gasteiger partial charge in [-0.25, -0.2) is 0 Å². The van der Waals surface area contributed by atoms with Crippen LogP contribution in [0.25, 0.3) is 0 Å². The molecule has 0 amide bonds. The largest absolute Gasteiger partial charge is 0.468 e. The van der Waals surface area contributed by atoms with Gasteiger partial charge in [-0.15, -0.1) is 4.37 Å². The number of hydrazone groups is 1. The molecule has 0 bridgehead atoms. The molecule has 0 atom stereocenters. The summed E-state index contributed by atoms with van der Waals surface area (Å²) in [5, 5.41) is 4.33. The van der Waals surface area contributed by atoms with Crippen molar-refractivity contribution in [3.63, 3.8) is 0 Å². The van der Waals surface area contributed by atoms with Crippen molar-refractivity contribution in [3.8, 4) is 5.88 Å². The third-order valence-corrected chi connectivity index (χ3v) is 4.10. The number of ether oxygens (including phenoxy) is 2. The Balaban J connectivity index is 1.72. The monoisotopic (exact) mass is 378 g/mol. The second-order valence-corrected chi connectivity index (χ2v) is 6.15. The summed E-state index contributed by atoms with van der Waals surface area (Å²) in [6.07, 6.45) is 0. The van der Waals surface area contributed by atoms with E-state index in [-0.39, 0.29) is 11.7 Å². The van der Waals surface area contributed by atoms with Crippen molar-refractivity contribution in [2.75, 3.05) is 37.8 Å². The van der Waals surface area contributed by atoms with Gasteiger partial charge >= 0.3 is 0 Å². The Morgan fingerprint density at radius 2 is 2.08 bits per heavy atom. The number of hydrogen-bond donors (Lipinski definition) is 2. The van der Waals surface area contributed by atoms with Gasteiger partial charge in [-0.05, 0) is 12.2 Å². The molecule has 0 spiro atoms. The van der Waals surface area contributed by atoms with Crippen molar-refractivity contribution in [1.29, 1.82) is 0 Å². The Bertz CT molecular complexity index is 731. The maximum Gasteiger partial charge on any atom is 0.271 e. The highest BCUT2D eigenvalue weighted by molar-refractivity contribution is 7.80. The SMILES string of the molecule is NC(=S)N/N=C(/COc1nsnc1N1CCOCC1)c1ccccc1. The molecule has 25 heavy (non-hydrogen) atoms. The molecule has 0 radical (unpaired) electrons. The van der Waals surface area contributed by atoms with Crippen LogP contribution in [0.3, 0.4) is 0 Å². The Hall–Kier alpha value is -2.30. The fourth-order valence-corrected chi connectivity index (χ4v) is 2.87. The molecule has 1 aromatic carbocycles. The van der Waals surface area contributed by atoms with E-state index in [1.807, 2.05) is 30.3 Å². The molecule has 1 aliphatic rings. The zero-order valence-electron chi connectivity index (χ0n) is 13.4. The average Bonchev–Trinajstić information content (AvgIpc) is 3.11. The summed E-state index contributed by atoms with van der Waals surface area (Å²) >= 11 is 5.94. The maximum absolute atomic E-state index is 5.88. The number of benzene rings is 1. The van der Waals surface area contributed by atoms with Crippen molar-refractivity contribution >= 4 is 40.6 Å². The number of aromatic nitrogens is 2. The molecule has 1 saturated heterocycles. The third-order valence-electron chi connectivity index (χ3n) is 3.51. The molecule has 0 saturated carbocycles. The molecular formula is C15H18N6O2S2. The van der Waals surface area contributed by atoms with Crippen molar-refractivity contribution in [2.24, 2.45) is 10.8 Å². The van der Waals surface area contributed by atoms with Gasteiger partial charge in [0.05, 0.1) is 24.9 Å². The maximum atomic E-state index is 5.88. The molecule has 8 nitrogen and oxygen atoms in total. The predicted octanol–water partition coefficient (Wildman–Crippen LogP) is 0.991. The van der Waals surface area contributed by atoms with Crippen LogP contribution >= 0.6 is 23.9 Å². The fraction of sp³-hybridized carbons (Fsp3) is 0.333. The lowest BCUT2D eigenvalue weighted by Gasteiger charge is -2.26. The lowest BCUT2D eigenvalue weighted by molar-refractivity contribution is 0.122. The van der Waals surface area contributed by atoms with Gasteiger partial charge in [-0.2, -0.15) is 9.47 Å². The Morgan fingerprint density at radius 3 is 2.80 bits per heavy atom. The second-order valence-electron chi connectivity index (χ2n) is 5.18. The highest BCUT2D eigenvalue weighted by atomic mass is 32.1. The number of hydrogen-bond acceptors (Lipinski definition) is 8. The van der Waals surface area contributed by atoms with Crippen LogP contribution in [-0.4, -0.2) is 52.5 Å². The molecule has 3 N–H and O–H groups in total. The van der Waals surface area contributed by atoms with Crippen molar-refractivity contribution in [2.45, 2.75) is 0 Å². The van der Waals surface area contributed by atoms with Gasteiger partial charge < -0.3 is 20.1 Å². The van der Waals surface area contributed by atoms with Crippen LogP contribution in [0, 0.1) is 0 Å². The number of anilines is 1. The molecule has 1 aromatic heterocycles. The number of nitrogens with two attached hydrogens (primary N) is 1. The van der Waals surface area contributed by atoms with E-state index in [0.29, 0.717) is 24.8 Å². The smallest absolute Gasteiger partial charge is 0.271 e. The van der Waals surface area contributed by atoms with Crippen LogP contribution in [-0.2, 0) is 4.74 Å². The van der Waals surface area contributed by atoms with Gasteiger partial charge in [0.2, 0.25) is 5.82 Å². The van der Waals surface area contributed by atoms with Crippen LogP contribution in [0.1, 0.15) is 5.56 Å². The first kappa shape index (κ1) is 17.5. The van der Waals surface area contributed by atoms with Crippen LogP contribution in [0.15, 0.2) is 35.4 Å². The average molecular weight is 378 g/mol. The number of nitrogens with zero attached hydrogens (tertiary/aromatic N) is 4. The first-order chi connectivity index (χ1) is 12.2. The van der Waals surface area contributed by atoms with Crippen LogP contribution in [0.4, 0.5) is 5.82 Å². The number of rotatable bonds is 6. The van der Waals surface area contributed by atoms with Gasteiger partial charge in [0.25, 0.3) is 5.88 Å². The lowest BCUT2D eigenvalue weighted by Crippen LogP contribution is -2.36. The number of nitrogens with one attached hydrogen (secondary N) is 1. The van der Waals surface area contributed by atoms with E-state index in [1.54, 1.807) is 0 Å². The fourth-order valence-electron chi connectivity index (χ4n) is 2.31. The van der Waals surface area contributed by atoms with E-state index in [9.17, 15) is 0 Å². The molecule has 2 heterocycles. The van der Waals surface area contributed by atoms with E-state index in [2.05, 4.69) is 24.2 Å². The van der Waals surface area contributed by atoms with E-state index in [0.717, 1.165) is 36.2 Å². The van der Waals surface area contributed by atoms with Crippen molar-refractivity contribution < 1.29 is 9.47 Å². The molecular weight excluding hydrogens is 360 g/mol. The predicted molar refractivity (Wildman–Crippen MR) is 101 cm³/mol. The molecule has 1 aliphatic heterocycles. The summed E-state index contributed by atoms with van der Waals surface area (Å²) in [4.78, 5) is 2.11. The Labute approximate surface area is 155 Å². The second kappa shape index (κ2) is 8.70. The highest BCUT2D eigenvalue weighted by Gasteiger charge is 2.20. The van der Waals surface area contributed by atoms with Crippen molar-refractivity contribution in [1.82, 2.24) is 14.2 Å². The number of morpholine rings is 1. The number of thiocarbonyl (C=S) groups is 1. The third kappa shape index (κ3) is 4.84. The molecule has 2 aromatic rings. The van der Waals surface area contributed by atoms with Gasteiger partial charge in [-0.1, -0.05) is 30.3 Å². The standard InChI is InChI=1S/C15H18N6O2S2/c16-15(24)18-17-12(11-4-2-1-3-5-11)10-23-14-13(19-25-20-14)21-6-8-22-9-7-21/h1-5H,6-10H2,(H3,16,18,24)/b17-12-. The molecule has 3 rings (SSSR count). The van der Waals surface area contributed by atoms with Gasteiger partial charge in [0.1, 0.15) is 12.3 Å². The summed E-state index contributed by atoms with van der Waals surface area (Å²) in [6.45, 7) is 3.09. The summed E-state index contributed by atoms with van der Waals surface area (Å²) < 4.78 is 19.8. The summed E-state index contributed by atoms with van der Waals surface area (Å²) in [5.41, 5.74) is 9.64. The van der Waals surface area contributed by atoms with E-state index >= 15 is 0 Å². The summed E-state index contributed by atoms with van der Waals surface area (Å²) in [7, 11) is 0. The first-order valence-corrected chi connectivity index (χ1v) is 8.83. The van der Waals surface area contributed by atoms with Crippen LogP contribution < -0.4 is 20.8 Å².